The summed E-state index contributed by atoms with van der Waals surface area (Å²) in [5, 5.41) is 4.04. The van der Waals surface area contributed by atoms with Gasteiger partial charge in [-0.15, -0.1) is 0 Å². The lowest BCUT2D eigenvalue weighted by atomic mass is 9.87. The van der Waals surface area contributed by atoms with Gasteiger partial charge in [0.25, 0.3) is 0 Å². The minimum Gasteiger partial charge on any atom is -0.488 e. The summed E-state index contributed by atoms with van der Waals surface area (Å²) in [6, 6.07) is 7.93. The Kier molecular flexibility index (Phi) is 6.60. The third-order valence-corrected chi connectivity index (χ3v) is 6.50. The van der Waals surface area contributed by atoms with Crippen molar-refractivity contribution >= 4 is 49.6 Å². The van der Waals surface area contributed by atoms with Crippen molar-refractivity contribution in [2.24, 2.45) is 11.7 Å². The predicted octanol–water partition coefficient (Wildman–Crippen LogP) is 3.92. The van der Waals surface area contributed by atoms with E-state index in [1.807, 2.05) is 13.0 Å². The van der Waals surface area contributed by atoms with E-state index in [0.29, 0.717) is 54.1 Å². The number of ether oxygens (including phenoxy) is 1. The molecule has 180 valence electrons. The number of halogens is 1. The molecule has 10 heteroatoms. The Balaban J connectivity index is 1.62. The Morgan fingerprint density at radius 2 is 1.94 bits per heavy atom. The number of nitrogens with one attached hydrogen (secondary N) is 2. The van der Waals surface area contributed by atoms with Gasteiger partial charge in [-0.05, 0) is 68.3 Å². The van der Waals surface area contributed by atoms with Gasteiger partial charge in [-0.2, -0.15) is 0 Å². The number of aromatic nitrogens is 2. The average molecular weight is 486 g/mol. The molecule has 1 atom stereocenters. The highest BCUT2D eigenvalue weighted by Gasteiger charge is 2.26. The molecule has 1 saturated carbocycles. The molecule has 0 radical (unpaired) electrons. The number of rotatable bonds is 7. The normalized spacial score (nSPS) is 19.9. The predicted molar refractivity (Wildman–Crippen MR) is 134 cm³/mol. The molecule has 0 bridgehead atoms. The molecule has 1 aliphatic carbocycles. The first-order valence-corrected chi connectivity index (χ1v) is 13.1. The van der Waals surface area contributed by atoms with E-state index in [4.69, 9.17) is 10.5 Å². The fourth-order valence-corrected chi connectivity index (χ4v) is 4.88. The zero-order valence-corrected chi connectivity index (χ0v) is 20.0. The van der Waals surface area contributed by atoms with Crippen molar-refractivity contribution in [3.63, 3.8) is 0 Å². The number of primary amides is 1. The number of aryl methyl sites for hydroxylation is 1. The van der Waals surface area contributed by atoms with Crippen molar-refractivity contribution in [1.82, 2.24) is 9.97 Å². The van der Waals surface area contributed by atoms with Crippen molar-refractivity contribution in [2.75, 3.05) is 16.3 Å². The number of hydrogen-bond acceptors (Lipinski definition) is 6. The molecule has 1 fully saturated rings. The molecule has 1 aliphatic rings. The fraction of sp³-hybridized carbons (Fsp3) is 0.333. The SMILES string of the molecule is C=S(C)(=O)Nc1cc(C)c2c(Nc3ccc(F)cc3OC3CCC(C(N)=O)CC3)ncnc2c1. The van der Waals surface area contributed by atoms with Crippen molar-refractivity contribution in [3.8, 4) is 5.75 Å². The van der Waals surface area contributed by atoms with Crippen LogP contribution < -0.4 is 20.5 Å². The van der Waals surface area contributed by atoms with E-state index in [9.17, 15) is 13.4 Å². The van der Waals surface area contributed by atoms with Gasteiger partial charge >= 0.3 is 0 Å². The Morgan fingerprint density at radius 1 is 1.21 bits per heavy atom. The van der Waals surface area contributed by atoms with E-state index in [1.165, 1.54) is 24.7 Å². The molecule has 0 spiro atoms. The van der Waals surface area contributed by atoms with Crippen LogP contribution in [0.3, 0.4) is 0 Å². The summed E-state index contributed by atoms with van der Waals surface area (Å²) in [4.78, 5) is 20.2. The van der Waals surface area contributed by atoms with Gasteiger partial charge < -0.3 is 20.5 Å². The summed E-state index contributed by atoms with van der Waals surface area (Å²) in [6.07, 6.45) is 5.46. The molecule has 1 amide bonds. The van der Waals surface area contributed by atoms with Crippen LogP contribution in [0.15, 0.2) is 36.7 Å². The molecule has 2 aromatic carbocycles. The number of amides is 1. The lowest BCUT2D eigenvalue weighted by Crippen LogP contribution is -2.31. The first kappa shape index (κ1) is 23.7. The molecule has 34 heavy (non-hydrogen) atoms. The second-order valence-corrected chi connectivity index (χ2v) is 11.0. The molecule has 8 nitrogen and oxygen atoms in total. The van der Waals surface area contributed by atoms with E-state index in [-0.39, 0.29) is 17.9 Å². The lowest BCUT2D eigenvalue weighted by Gasteiger charge is -2.28. The molecule has 0 saturated heterocycles. The first-order chi connectivity index (χ1) is 16.1. The van der Waals surface area contributed by atoms with Crippen LogP contribution in [0.1, 0.15) is 31.2 Å². The molecule has 3 aromatic rings. The summed E-state index contributed by atoms with van der Waals surface area (Å²) in [6.45, 7) is 1.90. The van der Waals surface area contributed by atoms with E-state index in [1.54, 1.807) is 12.1 Å². The number of carbonyl (C=O) groups is 1. The van der Waals surface area contributed by atoms with Crippen LogP contribution in [0, 0.1) is 18.7 Å². The number of carbonyl (C=O) groups excluding carboxylic acids is 1. The summed E-state index contributed by atoms with van der Waals surface area (Å²) < 4.78 is 35.2. The fourth-order valence-electron chi connectivity index (χ4n) is 4.26. The second kappa shape index (κ2) is 9.46. The van der Waals surface area contributed by atoms with Gasteiger partial charge in [0.1, 0.15) is 23.7 Å². The van der Waals surface area contributed by atoms with Gasteiger partial charge in [0.2, 0.25) is 5.91 Å². The molecule has 4 N–H and O–H groups in total. The smallest absolute Gasteiger partial charge is 0.220 e. The lowest BCUT2D eigenvalue weighted by molar-refractivity contribution is -0.123. The van der Waals surface area contributed by atoms with Gasteiger partial charge in [0, 0.05) is 39.0 Å². The Hall–Kier alpha value is -3.40. The zero-order valence-electron chi connectivity index (χ0n) is 19.1. The summed E-state index contributed by atoms with van der Waals surface area (Å²) in [7, 11) is -2.44. The highest BCUT2D eigenvalue weighted by Crippen LogP contribution is 2.35. The Bertz CT molecular complexity index is 1340. The van der Waals surface area contributed by atoms with Gasteiger partial charge in [0.15, 0.2) is 0 Å². The van der Waals surface area contributed by atoms with Gasteiger partial charge in [-0.25, -0.2) is 18.6 Å². The van der Waals surface area contributed by atoms with Crippen LogP contribution in [0.5, 0.6) is 5.75 Å². The topological polar surface area (TPSA) is 119 Å². The monoisotopic (exact) mass is 485 g/mol. The van der Waals surface area contributed by atoms with E-state index < -0.39 is 15.5 Å². The maximum absolute atomic E-state index is 14.1. The molecular formula is C24H28FN5O3S. The minimum absolute atomic E-state index is 0.135. The van der Waals surface area contributed by atoms with Crippen LogP contribution in [-0.4, -0.2) is 38.3 Å². The quantitative estimate of drug-likeness (QED) is 0.437. The largest absolute Gasteiger partial charge is 0.488 e. The van der Waals surface area contributed by atoms with Gasteiger partial charge in [-0.3, -0.25) is 4.79 Å². The standard InChI is InChI=1S/C24H28FN5O3S/c1-14-10-17(30-34(2,3)32)12-20-22(14)24(28-13-27-20)29-19-9-6-16(25)11-21(19)33-18-7-4-15(5-8-18)23(26)31/h6,9-13,15,18H,2,4-5,7-8H2,1,3H3,(H2,26,31)(H,30,32)(H,27,28,29). The molecule has 1 unspecified atom stereocenters. The van der Waals surface area contributed by atoms with Gasteiger partial charge in [-0.1, -0.05) is 0 Å². The molecule has 1 heterocycles. The number of fused-ring (bicyclic) bond motifs is 1. The van der Waals surface area contributed by atoms with Crippen LogP contribution in [0.2, 0.25) is 0 Å². The summed E-state index contributed by atoms with van der Waals surface area (Å²) in [5.74, 6) is 3.70. The zero-order chi connectivity index (χ0) is 24.5. The third-order valence-electron chi connectivity index (χ3n) is 5.84. The number of nitrogens with zero attached hydrogens (tertiary/aromatic N) is 2. The maximum Gasteiger partial charge on any atom is 0.220 e. The van der Waals surface area contributed by atoms with Crippen molar-refractivity contribution in [2.45, 2.75) is 38.7 Å². The second-order valence-electron chi connectivity index (χ2n) is 8.78. The molecular weight excluding hydrogens is 457 g/mol. The number of anilines is 3. The van der Waals surface area contributed by atoms with Crippen molar-refractivity contribution in [3.05, 3.63) is 48.0 Å². The van der Waals surface area contributed by atoms with Gasteiger partial charge in [0.05, 0.1) is 17.3 Å². The molecule has 4 rings (SSSR count). The highest BCUT2D eigenvalue weighted by atomic mass is 32.2. The Morgan fingerprint density at radius 3 is 2.62 bits per heavy atom. The van der Waals surface area contributed by atoms with E-state index in [2.05, 4.69) is 25.9 Å². The minimum atomic E-state index is -2.44. The van der Waals surface area contributed by atoms with Crippen molar-refractivity contribution in [1.29, 1.82) is 0 Å². The first-order valence-electron chi connectivity index (χ1n) is 11.0. The highest BCUT2D eigenvalue weighted by molar-refractivity contribution is 8.00. The van der Waals surface area contributed by atoms with Crippen molar-refractivity contribution < 1.29 is 18.1 Å². The summed E-state index contributed by atoms with van der Waals surface area (Å²) in [5.41, 5.74) is 8.14. The molecule has 0 aliphatic heterocycles. The number of hydrogen-bond donors (Lipinski definition) is 3. The van der Waals surface area contributed by atoms with Crippen LogP contribution in [0.4, 0.5) is 21.6 Å². The van der Waals surface area contributed by atoms with Crippen LogP contribution >= 0.6 is 0 Å². The third kappa shape index (κ3) is 5.56. The Labute approximate surface area is 198 Å². The van der Waals surface area contributed by atoms with E-state index in [0.717, 1.165) is 10.9 Å². The number of nitrogens with two attached hydrogens (primary N) is 1. The molecule has 1 aromatic heterocycles. The average Bonchev–Trinajstić information content (AvgIpc) is 2.74. The number of benzene rings is 2. The maximum atomic E-state index is 14.1. The van der Waals surface area contributed by atoms with E-state index >= 15 is 0 Å². The summed E-state index contributed by atoms with van der Waals surface area (Å²) >= 11 is 0. The van der Waals surface area contributed by atoms with Crippen LogP contribution in [0.25, 0.3) is 10.9 Å². The van der Waals surface area contributed by atoms with Crippen LogP contribution in [-0.2, 0) is 14.5 Å².